The van der Waals surface area contributed by atoms with Gasteiger partial charge in [0.15, 0.2) is 0 Å². The molecule has 0 spiro atoms. The number of ether oxygens (including phenoxy) is 1. The molecule has 1 aliphatic rings. The van der Waals surface area contributed by atoms with E-state index in [1.165, 1.54) is 16.9 Å². The molecule has 2 heterocycles. The van der Waals surface area contributed by atoms with Gasteiger partial charge in [0.25, 0.3) is 0 Å². The van der Waals surface area contributed by atoms with Gasteiger partial charge in [0.1, 0.15) is 0 Å². The van der Waals surface area contributed by atoms with Crippen LogP contribution in [0.15, 0.2) is 36.8 Å². The van der Waals surface area contributed by atoms with Crippen LogP contribution >= 0.6 is 0 Å². The molecule has 1 saturated heterocycles. The average molecular weight is 286 g/mol. The van der Waals surface area contributed by atoms with Gasteiger partial charge in [-0.2, -0.15) is 0 Å². The maximum Gasteiger partial charge on any atom is 0.0945 e. The summed E-state index contributed by atoms with van der Waals surface area (Å²) in [5.41, 5.74) is 3.85. The second kappa shape index (κ2) is 6.74. The molecule has 1 aliphatic heterocycles. The van der Waals surface area contributed by atoms with Gasteiger partial charge in [0.2, 0.25) is 0 Å². The molecule has 1 aromatic carbocycles. The Balaban J connectivity index is 1.63. The third kappa shape index (κ3) is 3.43. The van der Waals surface area contributed by atoms with Crippen LogP contribution in [-0.4, -0.2) is 35.9 Å². The SMILES string of the molecule is Cn1cncc1CNCc1ccccc1N1CCOCC1. The van der Waals surface area contributed by atoms with E-state index in [4.69, 9.17) is 4.74 Å². The van der Waals surface area contributed by atoms with Crippen molar-refractivity contribution in [2.45, 2.75) is 13.1 Å². The molecule has 2 aromatic rings. The third-order valence-electron chi connectivity index (χ3n) is 3.88. The number of aryl methyl sites for hydroxylation is 1. The van der Waals surface area contributed by atoms with Gasteiger partial charge in [-0.25, -0.2) is 4.98 Å². The molecule has 5 nitrogen and oxygen atoms in total. The van der Waals surface area contributed by atoms with Crippen molar-refractivity contribution in [2.75, 3.05) is 31.2 Å². The van der Waals surface area contributed by atoms with Crippen molar-refractivity contribution in [3.63, 3.8) is 0 Å². The first-order chi connectivity index (χ1) is 10.3. The first kappa shape index (κ1) is 14.1. The molecule has 5 heteroatoms. The van der Waals surface area contributed by atoms with E-state index in [2.05, 4.69) is 39.5 Å². The average Bonchev–Trinajstić information content (AvgIpc) is 2.94. The van der Waals surface area contributed by atoms with Gasteiger partial charge in [0.05, 0.1) is 25.2 Å². The lowest BCUT2D eigenvalue weighted by molar-refractivity contribution is 0.122. The number of para-hydroxylation sites is 1. The summed E-state index contributed by atoms with van der Waals surface area (Å²) in [5, 5.41) is 3.51. The number of imidazole rings is 1. The molecule has 0 bridgehead atoms. The van der Waals surface area contributed by atoms with Crippen molar-refractivity contribution in [1.82, 2.24) is 14.9 Å². The largest absolute Gasteiger partial charge is 0.378 e. The second-order valence-electron chi connectivity index (χ2n) is 5.33. The van der Waals surface area contributed by atoms with Crippen LogP contribution < -0.4 is 10.2 Å². The van der Waals surface area contributed by atoms with E-state index in [9.17, 15) is 0 Å². The van der Waals surface area contributed by atoms with Gasteiger partial charge >= 0.3 is 0 Å². The zero-order valence-electron chi connectivity index (χ0n) is 12.5. The summed E-state index contributed by atoms with van der Waals surface area (Å²) in [6.45, 7) is 5.26. The van der Waals surface area contributed by atoms with Gasteiger partial charge in [0, 0.05) is 45.1 Å². The van der Waals surface area contributed by atoms with Crippen molar-refractivity contribution in [3.05, 3.63) is 48.0 Å². The van der Waals surface area contributed by atoms with Crippen LogP contribution in [0.4, 0.5) is 5.69 Å². The normalized spacial score (nSPS) is 15.4. The van der Waals surface area contributed by atoms with Crippen LogP contribution in [0.25, 0.3) is 0 Å². The molecule has 0 aliphatic carbocycles. The molecule has 112 valence electrons. The Labute approximate surface area is 125 Å². The van der Waals surface area contributed by atoms with E-state index in [0.29, 0.717) is 0 Å². The molecule has 3 rings (SSSR count). The molecule has 1 fully saturated rings. The number of aromatic nitrogens is 2. The molecule has 1 N–H and O–H groups in total. The highest BCUT2D eigenvalue weighted by Crippen LogP contribution is 2.21. The molecule has 0 unspecified atom stereocenters. The monoisotopic (exact) mass is 286 g/mol. The predicted octanol–water partition coefficient (Wildman–Crippen LogP) is 1.55. The zero-order chi connectivity index (χ0) is 14.5. The molecule has 0 saturated carbocycles. The van der Waals surface area contributed by atoms with E-state index in [-0.39, 0.29) is 0 Å². The van der Waals surface area contributed by atoms with Crippen molar-refractivity contribution in [2.24, 2.45) is 7.05 Å². The van der Waals surface area contributed by atoms with Crippen LogP contribution in [-0.2, 0) is 24.9 Å². The van der Waals surface area contributed by atoms with Crippen LogP contribution in [0.1, 0.15) is 11.3 Å². The standard InChI is InChI=1S/C16H22N4O/c1-19-13-18-12-15(19)11-17-10-14-4-2-3-5-16(14)20-6-8-21-9-7-20/h2-5,12-13,17H,6-11H2,1H3. The highest BCUT2D eigenvalue weighted by atomic mass is 16.5. The third-order valence-corrected chi connectivity index (χ3v) is 3.88. The van der Waals surface area contributed by atoms with Crippen LogP contribution in [0.2, 0.25) is 0 Å². The van der Waals surface area contributed by atoms with Gasteiger partial charge in [-0.3, -0.25) is 0 Å². The number of rotatable bonds is 5. The Morgan fingerprint density at radius 1 is 1.19 bits per heavy atom. The predicted molar refractivity (Wildman–Crippen MR) is 83.2 cm³/mol. The highest BCUT2D eigenvalue weighted by molar-refractivity contribution is 5.53. The minimum absolute atomic E-state index is 0.816. The minimum Gasteiger partial charge on any atom is -0.378 e. The molecule has 0 radical (unpaired) electrons. The Morgan fingerprint density at radius 3 is 2.76 bits per heavy atom. The fourth-order valence-corrected chi connectivity index (χ4v) is 2.65. The maximum absolute atomic E-state index is 5.44. The van der Waals surface area contributed by atoms with E-state index < -0.39 is 0 Å². The number of nitrogens with one attached hydrogen (secondary N) is 1. The number of morpholine rings is 1. The second-order valence-corrected chi connectivity index (χ2v) is 5.33. The Kier molecular flexibility index (Phi) is 4.52. The summed E-state index contributed by atoms with van der Waals surface area (Å²) in [5.74, 6) is 0. The van der Waals surface area contributed by atoms with Crippen molar-refractivity contribution < 1.29 is 4.74 Å². The molecule has 0 atom stereocenters. The lowest BCUT2D eigenvalue weighted by Gasteiger charge is -2.30. The highest BCUT2D eigenvalue weighted by Gasteiger charge is 2.14. The molecular formula is C16H22N4O. The summed E-state index contributed by atoms with van der Waals surface area (Å²) in [7, 11) is 2.02. The fourth-order valence-electron chi connectivity index (χ4n) is 2.65. The summed E-state index contributed by atoms with van der Waals surface area (Å²) in [6, 6.07) is 8.61. The maximum atomic E-state index is 5.44. The zero-order valence-corrected chi connectivity index (χ0v) is 12.5. The summed E-state index contributed by atoms with van der Waals surface area (Å²) >= 11 is 0. The lowest BCUT2D eigenvalue weighted by Crippen LogP contribution is -2.37. The van der Waals surface area contributed by atoms with Crippen molar-refractivity contribution >= 4 is 5.69 Å². The van der Waals surface area contributed by atoms with Gasteiger partial charge < -0.3 is 19.5 Å². The van der Waals surface area contributed by atoms with Crippen LogP contribution in [0.5, 0.6) is 0 Å². The summed E-state index contributed by atoms with van der Waals surface area (Å²) in [4.78, 5) is 6.55. The number of nitrogens with zero attached hydrogens (tertiary/aromatic N) is 3. The Bertz CT molecular complexity index is 575. The lowest BCUT2D eigenvalue weighted by atomic mass is 10.1. The first-order valence-corrected chi connectivity index (χ1v) is 7.41. The minimum atomic E-state index is 0.816. The molecule has 0 amide bonds. The number of anilines is 1. The number of benzene rings is 1. The van der Waals surface area contributed by atoms with E-state index in [1.807, 2.05) is 24.1 Å². The number of hydrogen-bond donors (Lipinski definition) is 1. The quantitative estimate of drug-likeness (QED) is 0.905. The van der Waals surface area contributed by atoms with Crippen molar-refractivity contribution in [3.8, 4) is 0 Å². The topological polar surface area (TPSA) is 42.3 Å². The first-order valence-electron chi connectivity index (χ1n) is 7.41. The van der Waals surface area contributed by atoms with Crippen LogP contribution in [0.3, 0.4) is 0 Å². The Morgan fingerprint density at radius 2 is 2.00 bits per heavy atom. The molecule has 1 aromatic heterocycles. The summed E-state index contributed by atoms with van der Waals surface area (Å²) < 4.78 is 7.48. The fraction of sp³-hybridized carbons (Fsp3) is 0.438. The van der Waals surface area contributed by atoms with Crippen LogP contribution in [0, 0.1) is 0 Å². The van der Waals surface area contributed by atoms with Crippen molar-refractivity contribution in [1.29, 1.82) is 0 Å². The smallest absolute Gasteiger partial charge is 0.0945 e. The number of hydrogen-bond acceptors (Lipinski definition) is 4. The molecule has 21 heavy (non-hydrogen) atoms. The van der Waals surface area contributed by atoms with Gasteiger partial charge in [-0.1, -0.05) is 18.2 Å². The summed E-state index contributed by atoms with van der Waals surface area (Å²) in [6.07, 6.45) is 3.74. The Hall–Kier alpha value is -1.85. The van der Waals surface area contributed by atoms with E-state index in [0.717, 1.165) is 39.4 Å². The van der Waals surface area contributed by atoms with Gasteiger partial charge in [-0.05, 0) is 11.6 Å². The molecular weight excluding hydrogens is 264 g/mol. The van der Waals surface area contributed by atoms with Gasteiger partial charge in [-0.15, -0.1) is 0 Å². The van der Waals surface area contributed by atoms with E-state index >= 15 is 0 Å². The van der Waals surface area contributed by atoms with E-state index in [1.54, 1.807) is 0 Å².